The molecule has 6 nitrogen and oxygen atoms in total. The first kappa shape index (κ1) is 19.7. The summed E-state index contributed by atoms with van der Waals surface area (Å²) in [5.41, 5.74) is 2.38. The number of hydrogen-bond donors (Lipinski definition) is 3. The molecule has 0 radical (unpaired) electrons. The van der Waals surface area contributed by atoms with Crippen molar-refractivity contribution in [2.75, 3.05) is 40.0 Å². The Labute approximate surface area is 150 Å². The van der Waals surface area contributed by atoms with Gasteiger partial charge in [0.25, 0.3) is 0 Å². The van der Waals surface area contributed by atoms with Crippen molar-refractivity contribution < 1.29 is 14.6 Å². The molecule has 1 aromatic carbocycles. The smallest absolute Gasteiger partial charge is 0.191 e. The molecule has 140 valence electrons. The average Bonchev–Trinajstić information content (AvgIpc) is 3.10. The zero-order valence-electron chi connectivity index (χ0n) is 15.4. The van der Waals surface area contributed by atoms with E-state index in [4.69, 9.17) is 9.47 Å². The van der Waals surface area contributed by atoms with Crippen LogP contribution >= 0.6 is 0 Å². The fraction of sp³-hybridized carbons (Fsp3) is 0.632. The van der Waals surface area contributed by atoms with E-state index in [0.717, 1.165) is 38.6 Å². The van der Waals surface area contributed by atoms with Crippen LogP contribution in [0.2, 0.25) is 0 Å². The van der Waals surface area contributed by atoms with E-state index in [1.54, 1.807) is 7.05 Å². The van der Waals surface area contributed by atoms with Gasteiger partial charge in [0.1, 0.15) is 0 Å². The Hall–Kier alpha value is -1.63. The average molecular weight is 349 g/mol. The molecule has 1 atom stereocenters. The van der Waals surface area contributed by atoms with Crippen molar-refractivity contribution in [3.8, 4) is 0 Å². The van der Waals surface area contributed by atoms with Gasteiger partial charge in [-0.2, -0.15) is 0 Å². The number of guanidine groups is 1. The highest BCUT2D eigenvalue weighted by atomic mass is 16.5. The highest BCUT2D eigenvalue weighted by Crippen LogP contribution is 2.31. The summed E-state index contributed by atoms with van der Waals surface area (Å²) in [5.74, 6) is 0.766. The topological polar surface area (TPSA) is 75.1 Å². The second-order valence-electron chi connectivity index (χ2n) is 6.51. The first-order chi connectivity index (χ1) is 12.2. The van der Waals surface area contributed by atoms with Crippen LogP contribution in [0.25, 0.3) is 0 Å². The van der Waals surface area contributed by atoms with E-state index < -0.39 is 0 Å². The molecule has 1 aliphatic rings. The van der Waals surface area contributed by atoms with Crippen molar-refractivity contribution in [3.63, 3.8) is 0 Å². The summed E-state index contributed by atoms with van der Waals surface area (Å²) in [6, 6.07) is 8.39. The van der Waals surface area contributed by atoms with E-state index >= 15 is 0 Å². The summed E-state index contributed by atoms with van der Waals surface area (Å²) < 4.78 is 10.9. The molecule has 3 N–H and O–H groups in total. The van der Waals surface area contributed by atoms with Gasteiger partial charge >= 0.3 is 0 Å². The normalized spacial score (nSPS) is 20.7. The van der Waals surface area contributed by atoms with Crippen LogP contribution in [0, 0.1) is 5.41 Å². The number of aliphatic imine (C=N–C) groups is 1. The summed E-state index contributed by atoms with van der Waals surface area (Å²) in [6.45, 7) is 6.49. The number of benzene rings is 1. The molecule has 0 aromatic heterocycles. The first-order valence-corrected chi connectivity index (χ1v) is 9.00. The lowest BCUT2D eigenvalue weighted by Crippen LogP contribution is -2.44. The van der Waals surface area contributed by atoms with Crippen LogP contribution < -0.4 is 10.6 Å². The van der Waals surface area contributed by atoms with Gasteiger partial charge in [-0.3, -0.25) is 4.99 Å². The lowest BCUT2D eigenvalue weighted by molar-refractivity contribution is 0.127. The maximum Gasteiger partial charge on any atom is 0.191 e. The summed E-state index contributed by atoms with van der Waals surface area (Å²) in [6.07, 6.45) is 1.72. The lowest BCUT2D eigenvalue weighted by Gasteiger charge is -2.27. The molecule has 1 fully saturated rings. The third-order valence-corrected chi connectivity index (χ3v) is 4.64. The van der Waals surface area contributed by atoms with Crippen molar-refractivity contribution >= 4 is 5.96 Å². The maximum atomic E-state index is 9.30. The highest BCUT2D eigenvalue weighted by molar-refractivity contribution is 5.79. The third-order valence-electron chi connectivity index (χ3n) is 4.64. The summed E-state index contributed by atoms with van der Waals surface area (Å²) in [5, 5.41) is 16.0. The van der Waals surface area contributed by atoms with Gasteiger partial charge in [-0.15, -0.1) is 0 Å². The SMILES string of the molecule is CCOCc1ccc(CNC(=NC)NCC2(CCO)CCOC2)cc1. The van der Waals surface area contributed by atoms with E-state index in [0.29, 0.717) is 19.8 Å². The van der Waals surface area contributed by atoms with Crippen LogP contribution in [0.15, 0.2) is 29.3 Å². The molecule has 0 amide bonds. The summed E-state index contributed by atoms with van der Waals surface area (Å²) >= 11 is 0. The zero-order chi connectivity index (χ0) is 18.0. The molecule has 1 aliphatic heterocycles. The van der Waals surface area contributed by atoms with E-state index in [9.17, 15) is 5.11 Å². The Morgan fingerprint density at radius 2 is 2.04 bits per heavy atom. The number of rotatable bonds is 9. The Kier molecular flexibility index (Phi) is 8.18. The number of nitrogens with one attached hydrogen (secondary N) is 2. The van der Waals surface area contributed by atoms with Crippen molar-refractivity contribution in [3.05, 3.63) is 35.4 Å². The van der Waals surface area contributed by atoms with Crippen LogP contribution in [0.5, 0.6) is 0 Å². The van der Waals surface area contributed by atoms with Crippen LogP contribution in [0.1, 0.15) is 30.9 Å². The fourth-order valence-electron chi connectivity index (χ4n) is 2.96. The second-order valence-corrected chi connectivity index (χ2v) is 6.51. The Morgan fingerprint density at radius 3 is 2.64 bits per heavy atom. The fourth-order valence-corrected chi connectivity index (χ4v) is 2.96. The van der Waals surface area contributed by atoms with Gasteiger partial charge in [-0.05, 0) is 30.9 Å². The van der Waals surface area contributed by atoms with E-state index in [1.165, 1.54) is 11.1 Å². The van der Waals surface area contributed by atoms with E-state index in [2.05, 4.69) is 39.9 Å². The van der Waals surface area contributed by atoms with Gasteiger partial charge in [0.15, 0.2) is 5.96 Å². The van der Waals surface area contributed by atoms with Crippen LogP contribution in [0.3, 0.4) is 0 Å². The lowest BCUT2D eigenvalue weighted by atomic mass is 9.84. The number of ether oxygens (including phenoxy) is 2. The second kappa shape index (κ2) is 10.4. The molecular formula is C19H31N3O3. The molecule has 1 saturated heterocycles. The molecule has 0 aliphatic carbocycles. The van der Waals surface area contributed by atoms with Crippen LogP contribution in [-0.4, -0.2) is 51.1 Å². The van der Waals surface area contributed by atoms with Gasteiger partial charge < -0.3 is 25.2 Å². The number of aliphatic hydroxyl groups is 1. The molecule has 0 saturated carbocycles. The molecule has 2 rings (SSSR count). The van der Waals surface area contributed by atoms with Gasteiger partial charge in [-0.25, -0.2) is 0 Å². The van der Waals surface area contributed by atoms with Crippen molar-refractivity contribution in [2.24, 2.45) is 10.4 Å². The van der Waals surface area contributed by atoms with E-state index in [1.807, 2.05) is 6.92 Å². The molecule has 1 heterocycles. The molecule has 0 bridgehead atoms. The summed E-state index contributed by atoms with van der Waals surface area (Å²) in [4.78, 5) is 4.28. The van der Waals surface area contributed by atoms with Crippen LogP contribution in [-0.2, 0) is 22.6 Å². The zero-order valence-corrected chi connectivity index (χ0v) is 15.4. The minimum absolute atomic E-state index is 0.00724. The van der Waals surface area contributed by atoms with Gasteiger partial charge in [0, 0.05) is 45.4 Å². The minimum Gasteiger partial charge on any atom is -0.396 e. The first-order valence-electron chi connectivity index (χ1n) is 9.00. The van der Waals surface area contributed by atoms with E-state index in [-0.39, 0.29) is 12.0 Å². The van der Waals surface area contributed by atoms with Crippen molar-refractivity contribution in [1.82, 2.24) is 10.6 Å². The Morgan fingerprint density at radius 1 is 1.28 bits per heavy atom. The van der Waals surface area contributed by atoms with Gasteiger partial charge in [0.2, 0.25) is 0 Å². The number of aliphatic hydroxyl groups excluding tert-OH is 1. The quantitative estimate of drug-likeness (QED) is 0.467. The molecule has 6 heteroatoms. The van der Waals surface area contributed by atoms with Crippen LogP contribution in [0.4, 0.5) is 0 Å². The number of nitrogens with zero attached hydrogens (tertiary/aromatic N) is 1. The monoisotopic (exact) mass is 349 g/mol. The predicted molar refractivity (Wildman–Crippen MR) is 99.5 cm³/mol. The predicted octanol–water partition coefficient (Wildman–Crippen LogP) is 1.68. The van der Waals surface area contributed by atoms with Gasteiger partial charge in [-0.1, -0.05) is 24.3 Å². The summed E-state index contributed by atoms with van der Waals surface area (Å²) in [7, 11) is 1.77. The minimum atomic E-state index is 0.00724. The molecule has 25 heavy (non-hydrogen) atoms. The van der Waals surface area contributed by atoms with Crippen molar-refractivity contribution in [1.29, 1.82) is 0 Å². The highest BCUT2D eigenvalue weighted by Gasteiger charge is 2.34. The van der Waals surface area contributed by atoms with Gasteiger partial charge in [0.05, 0.1) is 13.2 Å². The number of hydrogen-bond acceptors (Lipinski definition) is 4. The molecule has 0 spiro atoms. The Balaban J connectivity index is 1.79. The van der Waals surface area contributed by atoms with Crippen molar-refractivity contribution in [2.45, 2.75) is 32.9 Å². The maximum absolute atomic E-state index is 9.30. The third kappa shape index (κ3) is 6.30. The molecular weight excluding hydrogens is 318 g/mol. The Bertz CT molecular complexity index is 525. The largest absolute Gasteiger partial charge is 0.396 e. The standard InChI is InChI=1S/C19H31N3O3/c1-3-24-13-17-6-4-16(5-7-17)12-21-18(20-2)22-14-19(8-10-23)9-11-25-15-19/h4-7,23H,3,8-15H2,1-2H3,(H2,20,21,22). The molecule has 1 aromatic rings. The molecule has 1 unspecified atom stereocenters.